The average molecular weight is 386 g/mol. The number of hydrogen-bond donors (Lipinski definition) is 1. The standard InChI is InChI=1S/C12H8F10N2O/c13-9(14,15)6-25-8-4-2-1-3-7(8)5-23-24-12(21,22)10(16,17)11(18,19)20/h1-5,24H,6H2/b23-5-. The van der Waals surface area contributed by atoms with E-state index >= 15 is 0 Å². The summed E-state index contributed by atoms with van der Waals surface area (Å²) in [4.78, 5) is 0. The second kappa shape index (κ2) is 6.96. The Morgan fingerprint density at radius 3 is 2.00 bits per heavy atom. The quantitative estimate of drug-likeness (QED) is 0.342. The van der Waals surface area contributed by atoms with E-state index in [1.807, 2.05) is 0 Å². The van der Waals surface area contributed by atoms with Gasteiger partial charge in [-0.05, 0) is 12.1 Å². The molecule has 142 valence electrons. The number of benzene rings is 1. The number of para-hydroxylation sites is 1. The molecule has 0 atom stereocenters. The normalized spacial score (nSPS) is 14.0. The van der Waals surface area contributed by atoms with Crippen molar-refractivity contribution in [2.24, 2.45) is 5.10 Å². The summed E-state index contributed by atoms with van der Waals surface area (Å²) >= 11 is 0. The Hall–Kier alpha value is -2.21. The fraction of sp³-hybridized carbons (Fsp3) is 0.417. The summed E-state index contributed by atoms with van der Waals surface area (Å²) in [5, 5.41) is 2.53. The van der Waals surface area contributed by atoms with Crippen LogP contribution in [0.1, 0.15) is 5.56 Å². The fourth-order valence-corrected chi connectivity index (χ4v) is 1.31. The molecule has 0 saturated carbocycles. The zero-order chi connectivity index (χ0) is 19.5. The van der Waals surface area contributed by atoms with Gasteiger partial charge in [0.2, 0.25) is 0 Å². The number of ether oxygens (including phenoxy) is 1. The maximum atomic E-state index is 12.9. The second-order valence-corrected chi connectivity index (χ2v) is 4.46. The van der Waals surface area contributed by atoms with Crippen LogP contribution in [0.2, 0.25) is 0 Å². The van der Waals surface area contributed by atoms with Crippen LogP contribution in [0.5, 0.6) is 5.75 Å². The van der Waals surface area contributed by atoms with Gasteiger partial charge in [-0.15, -0.1) is 0 Å². The minimum atomic E-state index is -6.55. The Morgan fingerprint density at radius 2 is 1.48 bits per heavy atom. The van der Waals surface area contributed by atoms with Crippen LogP contribution in [0.25, 0.3) is 0 Å². The summed E-state index contributed by atoms with van der Waals surface area (Å²) in [5.41, 5.74) is -0.0278. The Labute approximate surface area is 133 Å². The highest BCUT2D eigenvalue weighted by atomic mass is 19.4. The zero-order valence-electron chi connectivity index (χ0n) is 11.7. The van der Waals surface area contributed by atoms with E-state index in [0.29, 0.717) is 11.6 Å². The zero-order valence-corrected chi connectivity index (χ0v) is 11.7. The van der Waals surface area contributed by atoms with Crippen molar-refractivity contribution in [2.75, 3.05) is 6.61 Å². The number of nitrogens with one attached hydrogen (secondary N) is 1. The van der Waals surface area contributed by atoms with Gasteiger partial charge in [0.15, 0.2) is 6.61 Å². The lowest BCUT2D eigenvalue weighted by molar-refractivity contribution is -0.361. The molecule has 0 saturated heterocycles. The summed E-state index contributed by atoms with van der Waals surface area (Å²) in [6, 6.07) is -1.37. The van der Waals surface area contributed by atoms with Crippen molar-refractivity contribution in [3.05, 3.63) is 29.8 Å². The number of halogens is 10. The lowest BCUT2D eigenvalue weighted by atomic mass is 10.2. The monoisotopic (exact) mass is 386 g/mol. The van der Waals surface area contributed by atoms with Gasteiger partial charge in [-0.25, -0.2) is 5.43 Å². The Balaban J connectivity index is 2.90. The molecule has 0 aliphatic rings. The highest BCUT2D eigenvalue weighted by Crippen LogP contribution is 2.45. The molecule has 0 aromatic heterocycles. The van der Waals surface area contributed by atoms with Gasteiger partial charge in [-0.1, -0.05) is 12.1 Å². The largest absolute Gasteiger partial charge is 0.483 e. The predicted octanol–water partition coefficient (Wildman–Crippen LogP) is 4.34. The minimum Gasteiger partial charge on any atom is -0.483 e. The van der Waals surface area contributed by atoms with Crippen LogP contribution in [0, 0.1) is 0 Å². The minimum absolute atomic E-state index is 0.312. The highest BCUT2D eigenvalue weighted by Gasteiger charge is 2.73. The lowest BCUT2D eigenvalue weighted by Crippen LogP contribution is -2.58. The summed E-state index contributed by atoms with van der Waals surface area (Å²) < 4.78 is 127. The number of rotatable bonds is 6. The van der Waals surface area contributed by atoms with E-state index in [9.17, 15) is 43.9 Å². The predicted molar refractivity (Wildman–Crippen MR) is 64.7 cm³/mol. The average Bonchev–Trinajstić information content (AvgIpc) is 2.44. The molecular weight excluding hydrogens is 378 g/mol. The van der Waals surface area contributed by atoms with Crippen molar-refractivity contribution < 1.29 is 48.6 Å². The van der Waals surface area contributed by atoms with E-state index in [2.05, 4.69) is 9.84 Å². The van der Waals surface area contributed by atoms with Gasteiger partial charge in [-0.3, -0.25) is 0 Å². The molecule has 3 nitrogen and oxygen atoms in total. The fourth-order valence-electron chi connectivity index (χ4n) is 1.31. The topological polar surface area (TPSA) is 33.6 Å². The molecule has 1 aromatic carbocycles. The SMILES string of the molecule is FC(F)(F)COc1ccccc1/C=N\NC(F)(F)C(F)(F)C(F)(F)F. The Kier molecular flexibility index (Phi) is 5.80. The molecule has 0 aliphatic carbocycles. The summed E-state index contributed by atoms with van der Waals surface area (Å²) in [6.07, 6.45) is -11.0. The van der Waals surface area contributed by atoms with Crippen molar-refractivity contribution in [3.8, 4) is 5.75 Å². The van der Waals surface area contributed by atoms with E-state index in [-0.39, 0.29) is 5.56 Å². The van der Waals surface area contributed by atoms with Crippen LogP contribution in [-0.4, -0.2) is 37.1 Å². The van der Waals surface area contributed by atoms with Gasteiger partial charge in [-0.2, -0.15) is 49.0 Å². The molecule has 0 fully saturated rings. The van der Waals surface area contributed by atoms with Gasteiger partial charge in [0, 0.05) is 5.56 Å². The molecule has 13 heteroatoms. The molecule has 0 amide bonds. The van der Waals surface area contributed by atoms with Crippen molar-refractivity contribution >= 4 is 6.21 Å². The molecule has 0 spiro atoms. The van der Waals surface area contributed by atoms with Crippen molar-refractivity contribution in [1.82, 2.24) is 5.43 Å². The molecule has 0 unspecified atom stereocenters. The first kappa shape index (κ1) is 20.8. The van der Waals surface area contributed by atoms with Gasteiger partial charge >= 0.3 is 24.3 Å². The van der Waals surface area contributed by atoms with Gasteiger partial charge in [0.1, 0.15) is 5.75 Å². The first-order valence-corrected chi connectivity index (χ1v) is 6.08. The van der Waals surface area contributed by atoms with Crippen LogP contribution in [0.4, 0.5) is 43.9 Å². The molecule has 1 N–H and O–H groups in total. The maximum Gasteiger partial charge on any atom is 0.462 e. The Morgan fingerprint density at radius 1 is 0.920 bits per heavy atom. The van der Waals surface area contributed by atoms with E-state index < -0.39 is 36.7 Å². The summed E-state index contributed by atoms with van der Waals surface area (Å²) in [7, 11) is 0. The molecule has 25 heavy (non-hydrogen) atoms. The molecule has 1 rings (SSSR count). The van der Waals surface area contributed by atoms with E-state index in [1.165, 1.54) is 12.1 Å². The summed E-state index contributed by atoms with van der Waals surface area (Å²) in [5.74, 6) is -6.93. The first-order valence-electron chi connectivity index (χ1n) is 6.08. The third kappa shape index (κ3) is 5.39. The number of hydrazone groups is 1. The first-order chi connectivity index (χ1) is 11.2. The van der Waals surface area contributed by atoms with Crippen molar-refractivity contribution in [2.45, 2.75) is 24.3 Å². The molecule has 0 aliphatic heterocycles. The van der Waals surface area contributed by atoms with E-state index in [0.717, 1.165) is 12.1 Å². The van der Waals surface area contributed by atoms with Crippen molar-refractivity contribution in [3.63, 3.8) is 0 Å². The smallest absolute Gasteiger partial charge is 0.462 e. The van der Waals surface area contributed by atoms with Crippen LogP contribution < -0.4 is 10.2 Å². The Bertz CT molecular complexity index is 609. The van der Waals surface area contributed by atoms with Gasteiger partial charge < -0.3 is 4.74 Å². The molecule has 0 heterocycles. The van der Waals surface area contributed by atoms with Crippen LogP contribution >= 0.6 is 0 Å². The number of alkyl halides is 10. The van der Waals surface area contributed by atoms with E-state index in [1.54, 1.807) is 0 Å². The molecular formula is C12H8F10N2O. The van der Waals surface area contributed by atoms with Gasteiger partial charge in [0.05, 0.1) is 6.21 Å². The third-order valence-corrected chi connectivity index (χ3v) is 2.47. The molecule has 0 bridgehead atoms. The highest BCUT2D eigenvalue weighted by molar-refractivity contribution is 5.83. The lowest BCUT2D eigenvalue weighted by Gasteiger charge is -2.27. The number of hydrogen-bond acceptors (Lipinski definition) is 3. The van der Waals surface area contributed by atoms with E-state index in [4.69, 9.17) is 0 Å². The van der Waals surface area contributed by atoms with Crippen LogP contribution in [-0.2, 0) is 0 Å². The van der Waals surface area contributed by atoms with Crippen LogP contribution in [0.15, 0.2) is 29.4 Å². The van der Waals surface area contributed by atoms with Crippen molar-refractivity contribution in [1.29, 1.82) is 0 Å². The van der Waals surface area contributed by atoms with Crippen LogP contribution in [0.3, 0.4) is 0 Å². The molecule has 1 aromatic rings. The third-order valence-electron chi connectivity index (χ3n) is 2.47. The maximum absolute atomic E-state index is 12.9. The molecule has 0 radical (unpaired) electrons. The van der Waals surface area contributed by atoms with Gasteiger partial charge in [0.25, 0.3) is 0 Å². The number of nitrogens with zero attached hydrogens (tertiary/aromatic N) is 1. The summed E-state index contributed by atoms with van der Waals surface area (Å²) in [6.45, 7) is -1.74. The second-order valence-electron chi connectivity index (χ2n) is 4.46.